The molecule has 2 aromatic carbocycles. The minimum absolute atomic E-state index is 0.0796. The van der Waals surface area contributed by atoms with Crippen molar-refractivity contribution in [3.63, 3.8) is 0 Å². The lowest BCUT2D eigenvalue weighted by molar-refractivity contribution is -0.116. The van der Waals surface area contributed by atoms with Crippen LogP contribution in [0.3, 0.4) is 0 Å². The Kier molecular flexibility index (Phi) is 5.82. The molecule has 0 fully saturated rings. The van der Waals surface area contributed by atoms with E-state index in [1.165, 1.54) is 17.0 Å². The summed E-state index contributed by atoms with van der Waals surface area (Å²) in [5, 5.41) is 7.49. The quantitative estimate of drug-likeness (QED) is 0.656. The molecule has 0 unspecified atom stereocenters. The number of aromatic nitrogens is 2. The molecule has 1 aromatic heterocycles. The highest BCUT2D eigenvalue weighted by molar-refractivity contribution is 5.99. The van der Waals surface area contributed by atoms with Crippen LogP contribution < -0.4 is 5.32 Å². The van der Waals surface area contributed by atoms with Gasteiger partial charge in [-0.25, -0.2) is 9.07 Å². The summed E-state index contributed by atoms with van der Waals surface area (Å²) >= 11 is 0. The average molecular weight is 435 g/mol. The van der Waals surface area contributed by atoms with Crippen molar-refractivity contribution < 1.29 is 14.0 Å². The van der Waals surface area contributed by atoms with E-state index in [2.05, 4.69) is 10.4 Å². The lowest BCUT2D eigenvalue weighted by Gasteiger charge is -2.18. The maximum absolute atomic E-state index is 13.3. The number of hydrogen-bond acceptors (Lipinski definition) is 3. The first kappa shape index (κ1) is 21.7. The van der Waals surface area contributed by atoms with Gasteiger partial charge >= 0.3 is 0 Å². The molecule has 1 heterocycles. The molecule has 3 aromatic rings. The van der Waals surface area contributed by atoms with Crippen LogP contribution in [0.1, 0.15) is 44.9 Å². The standard InChI is InChI=1S/C25H27FN4O2/c1-15-12-16(2)23(17(3)13-15)27-22(31)14-29(4)25(32)24-20-6-5-7-21(20)30(28-24)19-10-8-18(26)9-11-19/h8-13H,5-7,14H2,1-4H3,(H,27,31). The number of rotatable bonds is 5. The van der Waals surface area contributed by atoms with Crippen LogP contribution in [0.25, 0.3) is 5.69 Å². The van der Waals surface area contributed by atoms with Crippen LogP contribution in [0.15, 0.2) is 36.4 Å². The summed E-state index contributed by atoms with van der Waals surface area (Å²) in [7, 11) is 1.61. The van der Waals surface area contributed by atoms with Crippen molar-refractivity contribution in [1.29, 1.82) is 0 Å². The smallest absolute Gasteiger partial charge is 0.274 e. The maximum atomic E-state index is 13.3. The first-order chi connectivity index (χ1) is 15.2. The fraction of sp³-hybridized carbons (Fsp3) is 0.320. The van der Waals surface area contributed by atoms with E-state index in [9.17, 15) is 14.0 Å². The Morgan fingerprint density at radius 2 is 1.75 bits per heavy atom. The zero-order valence-electron chi connectivity index (χ0n) is 18.8. The van der Waals surface area contributed by atoms with Crippen molar-refractivity contribution in [3.05, 3.63) is 75.9 Å². The van der Waals surface area contributed by atoms with Crippen molar-refractivity contribution in [3.8, 4) is 5.69 Å². The Morgan fingerprint density at radius 1 is 1.09 bits per heavy atom. The summed E-state index contributed by atoms with van der Waals surface area (Å²) in [6.07, 6.45) is 2.51. The van der Waals surface area contributed by atoms with E-state index in [0.717, 1.165) is 52.9 Å². The van der Waals surface area contributed by atoms with Gasteiger partial charge in [0.1, 0.15) is 5.82 Å². The molecule has 4 rings (SSSR count). The van der Waals surface area contributed by atoms with Gasteiger partial charge < -0.3 is 10.2 Å². The van der Waals surface area contributed by atoms with Crippen molar-refractivity contribution in [2.45, 2.75) is 40.0 Å². The van der Waals surface area contributed by atoms with Gasteiger partial charge in [0.15, 0.2) is 5.69 Å². The molecule has 0 atom stereocenters. The van der Waals surface area contributed by atoms with E-state index < -0.39 is 0 Å². The van der Waals surface area contributed by atoms with Crippen molar-refractivity contribution >= 4 is 17.5 Å². The Morgan fingerprint density at radius 3 is 2.41 bits per heavy atom. The number of carbonyl (C=O) groups excluding carboxylic acids is 2. The third-order valence-electron chi connectivity index (χ3n) is 5.87. The Labute approximate surface area is 187 Å². The predicted molar refractivity (Wildman–Crippen MR) is 122 cm³/mol. The number of likely N-dealkylation sites (N-methyl/N-ethyl adjacent to an activating group) is 1. The lowest BCUT2D eigenvalue weighted by atomic mass is 10.1. The van der Waals surface area contributed by atoms with E-state index in [1.54, 1.807) is 23.9 Å². The summed E-state index contributed by atoms with van der Waals surface area (Å²) in [6, 6.07) is 10.1. The molecule has 2 amide bonds. The van der Waals surface area contributed by atoms with Gasteiger partial charge in [-0.2, -0.15) is 5.10 Å². The molecule has 7 heteroatoms. The van der Waals surface area contributed by atoms with Gasteiger partial charge in [0.2, 0.25) is 5.91 Å². The second-order valence-corrected chi connectivity index (χ2v) is 8.50. The first-order valence-corrected chi connectivity index (χ1v) is 10.7. The number of benzene rings is 2. The highest BCUT2D eigenvalue weighted by Crippen LogP contribution is 2.28. The Bertz CT molecular complexity index is 1170. The minimum atomic E-state index is -0.321. The van der Waals surface area contributed by atoms with E-state index in [0.29, 0.717) is 11.4 Å². The summed E-state index contributed by atoms with van der Waals surface area (Å²) in [5.74, 6) is -0.874. The molecule has 0 aliphatic heterocycles. The number of aryl methyl sites for hydroxylation is 3. The van der Waals surface area contributed by atoms with Crippen LogP contribution in [-0.4, -0.2) is 40.1 Å². The van der Waals surface area contributed by atoms with Gasteiger partial charge in [0, 0.05) is 24.0 Å². The summed E-state index contributed by atoms with van der Waals surface area (Å²) in [4.78, 5) is 27.2. The molecule has 0 saturated carbocycles. The van der Waals surface area contributed by atoms with Crippen LogP contribution in [0.5, 0.6) is 0 Å². The van der Waals surface area contributed by atoms with Crippen LogP contribution in [0.2, 0.25) is 0 Å². The van der Waals surface area contributed by atoms with Gasteiger partial charge in [-0.3, -0.25) is 9.59 Å². The topological polar surface area (TPSA) is 67.2 Å². The van der Waals surface area contributed by atoms with E-state index >= 15 is 0 Å². The number of nitrogens with one attached hydrogen (secondary N) is 1. The molecule has 1 aliphatic carbocycles. The number of carbonyl (C=O) groups is 2. The van der Waals surface area contributed by atoms with E-state index in [4.69, 9.17) is 0 Å². The second-order valence-electron chi connectivity index (χ2n) is 8.50. The number of fused-ring (bicyclic) bond motifs is 1. The largest absolute Gasteiger partial charge is 0.331 e. The predicted octanol–water partition coefficient (Wildman–Crippen LogP) is 4.14. The number of hydrogen-bond donors (Lipinski definition) is 1. The van der Waals surface area contributed by atoms with Gasteiger partial charge in [-0.15, -0.1) is 0 Å². The fourth-order valence-electron chi connectivity index (χ4n) is 4.43. The van der Waals surface area contributed by atoms with E-state index in [-0.39, 0.29) is 24.2 Å². The molecule has 0 spiro atoms. The molecule has 32 heavy (non-hydrogen) atoms. The van der Waals surface area contributed by atoms with Crippen LogP contribution >= 0.6 is 0 Å². The second kappa shape index (κ2) is 8.57. The highest BCUT2D eigenvalue weighted by Gasteiger charge is 2.29. The maximum Gasteiger partial charge on any atom is 0.274 e. The molecule has 0 saturated heterocycles. The molecular weight excluding hydrogens is 407 g/mol. The third-order valence-corrected chi connectivity index (χ3v) is 5.87. The number of anilines is 1. The van der Waals surface area contributed by atoms with Gasteiger partial charge in [-0.05, 0) is 75.4 Å². The SMILES string of the molecule is Cc1cc(C)c(NC(=O)CN(C)C(=O)c2nn(-c3ccc(F)cc3)c3c2CCC3)c(C)c1. The fourth-order valence-corrected chi connectivity index (χ4v) is 4.43. The van der Waals surface area contributed by atoms with Crippen molar-refractivity contribution in [1.82, 2.24) is 14.7 Å². The molecule has 0 bridgehead atoms. The Balaban J connectivity index is 1.53. The average Bonchev–Trinajstić information content (AvgIpc) is 3.34. The first-order valence-electron chi connectivity index (χ1n) is 10.7. The summed E-state index contributed by atoms with van der Waals surface area (Å²) in [6.45, 7) is 5.84. The van der Waals surface area contributed by atoms with Gasteiger partial charge in [0.05, 0.1) is 12.2 Å². The number of halogens is 1. The lowest BCUT2D eigenvalue weighted by Crippen LogP contribution is -2.35. The van der Waals surface area contributed by atoms with Crippen molar-refractivity contribution in [2.75, 3.05) is 18.9 Å². The molecule has 1 N–H and O–H groups in total. The van der Waals surface area contributed by atoms with Crippen LogP contribution in [0.4, 0.5) is 10.1 Å². The summed E-state index contributed by atoms with van der Waals surface area (Å²) < 4.78 is 15.1. The zero-order valence-corrected chi connectivity index (χ0v) is 18.8. The molecule has 0 radical (unpaired) electrons. The number of nitrogens with zero attached hydrogens (tertiary/aromatic N) is 3. The molecular formula is C25H27FN4O2. The number of amides is 2. The highest BCUT2D eigenvalue weighted by atomic mass is 19.1. The van der Waals surface area contributed by atoms with Gasteiger partial charge in [0.25, 0.3) is 5.91 Å². The third kappa shape index (κ3) is 4.15. The Hall–Kier alpha value is -3.48. The monoisotopic (exact) mass is 434 g/mol. The summed E-state index contributed by atoms with van der Waals surface area (Å²) in [5.41, 5.74) is 6.86. The van der Waals surface area contributed by atoms with Crippen molar-refractivity contribution in [2.24, 2.45) is 0 Å². The normalized spacial score (nSPS) is 12.5. The van der Waals surface area contributed by atoms with Gasteiger partial charge in [-0.1, -0.05) is 17.7 Å². The molecule has 1 aliphatic rings. The van der Waals surface area contributed by atoms with Crippen LogP contribution in [0, 0.1) is 26.6 Å². The minimum Gasteiger partial charge on any atom is -0.331 e. The van der Waals surface area contributed by atoms with Crippen LogP contribution in [-0.2, 0) is 17.6 Å². The zero-order chi connectivity index (χ0) is 23.0. The molecule has 166 valence electrons. The van der Waals surface area contributed by atoms with E-state index in [1.807, 2.05) is 32.9 Å². The molecule has 6 nitrogen and oxygen atoms in total.